The molecule has 0 saturated carbocycles. The van der Waals surface area contributed by atoms with Crippen molar-refractivity contribution in [3.8, 4) is 5.75 Å². The van der Waals surface area contributed by atoms with E-state index < -0.39 is 6.10 Å². The topological polar surface area (TPSA) is 58.6 Å². The largest absolute Gasteiger partial charge is 0.477 e. The fourth-order valence-electron chi connectivity index (χ4n) is 2.64. The number of ether oxygens (including phenoxy) is 1. The van der Waals surface area contributed by atoms with Gasteiger partial charge in [-0.25, -0.2) is 0 Å². The Morgan fingerprint density at radius 3 is 2.83 bits per heavy atom. The van der Waals surface area contributed by atoms with Gasteiger partial charge in [-0.3, -0.25) is 14.5 Å². The Kier molecular flexibility index (Phi) is 4.85. The van der Waals surface area contributed by atoms with E-state index in [1.54, 1.807) is 11.0 Å². The summed E-state index contributed by atoms with van der Waals surface area (Å²) < 4.78 is 5.82. The summed E-state index contributed by atoms with van der Waals surface area (Å²) in [5, 5.41) is 4.74. The molecule has 5 nitrogen and oxygen atoms in total. The monoisotopic (exact) mass is 344 g/mol. The summed E-state index contributed by atoms with van der Waals surface area (Å²) in [6.45, 7) is 4.72. The van der Waals surface area contributed by atoms with Crippen molar-refractivity contribution >= 4 is 28.8 Å². The summed E-state index contributed by atoms with van der Waals surface area (Å²) in [4.78, 5) is 27.6. The number of thiophene rings is 1. The molecule has 126 valence electrons. The Morgan fingerprint density at radius 2 is 2.12 bits per heavy atom. The van der Waals surface area contributed by atoms with Gasteiger partial charge in [0.1, 0.15) is 5.75 Å². The quantitative estimate of drug-likeness (QED) is 0.928. The van der Waals surface area contributed by atoms with Crippen LogP contribution in [0.3, 0.4) is 0 Å². The van der Waals surface area contributed by atoms with Gasteiger partial charge in [0.25, 0.3) is 11.8 Å². The third-order valence-corrected chi connectivity index (χ3v) is 4.92. The highest BCUT2D eigenvalue weighted by atomic mass is 32.1. The van der Waals surface area contributed by atoms with Crippen molar-refractivity contribution in [2.45, 2.75) is 26.4 Å². The minimum absolute atomic E-state index is 0.0912. The molecule has 2 heterocycles. The summed E-state index contributed by atoms with van der Waals surface area (Å²) in [7, 11) is 0. The van der Waals surface area contributed by atoms with Crippen molar-refractivity contribution in [1.82, 2.24) is 5.32 Å². The van der Waals surface area contributed by atoms with E-state index in [2.05, 4.69) is 5.32 Å². The van der Waals surface area contributed by atoms with Crippen molar-refractivity contribution in [2.24, 2.45) is 0 Å². The van der Waals surface area contributed by atoms with Crippen LogP contribution in [-0.4, -0.2) is 31.0 Å². The van der Waals surface area contributed by atoms with Crippen LogP contribution < -0.4 is 15.0 Å². The molecule has 0 unspecified atom stereocenters. The number of carbonyl (C=O) groups excluding carboxylic acids is 2. The van der Waals surface area contributed by atoms with Crippen LogP contribution >= 0.6 is 11.3 Å². The molecule has 1 atom stereocenters. The molecule has 2 aromatic rings. The third kappa shape index (κ3) is 3.14. The molecule has 24 heavy (non-hydrogen) atoms. The highest BCUT2D eigenvalue weighted by molar-refractivity contribution is 7.12. The maximum Gasteiger partial charge on any atom is 0.268 e. The molecule has 0 aliphatic carbocycles. The van der Waals surface area contributed by atoms with Crippen LogP contribution in [0.5, 0.6) is 5.75 Å². The molecule has 1 aromatic carbocycles. The van der Waals surface area contributed by atoms with Gasteiger partial charge in [-0.1, -0.05) is 19.1 Å². The molecule has 0 fully saturated rings. The van der Waals surface area contributed by atoms with Gasteiger partial charge >= 0.3 is 0 Å². The first kappa shape index (κ1) is 16.5. The lowest BCUT2D eigenvalue weighted by Crippen LogP contribution is -2.50. The molecule has 1 aromatic heterocycles. The summed E-state index contributed by atoms with van der Waals surface area (Å²) in [5.74, 6) is 0.279. The number of nitrogens with one attached hydrogen (secondary N) is 1. The lowest BCUT2D eigenvalue weighted by molar-refractivity contribution is -0.127. The average Bonchev–Trinajstić information content (AvgIpc) is 3.04. The average molecular weight is 344 g/mol. The Labute approximate surface area is 145 Å². The zero-order chi connectivity index (χ0) is 17.1. The van der Waals surface area contributed by atoms with Crippen LogP contribution in [0.4, 0.5) is 5.69 Å². The summed E-state index contributed by atoms with van der Waals surface area (Å²) in [6.07, 6.45) is 0.155. The number of rotatable bonds is 4. The van der Waals surface area contributed by atoms with Crippen molar-refractivity contribution < 1.29 is 14.3 Å². The van der Waals surface area contributed by atoms with Crippen molar-refractivity contribution in [3.63, 3.8) is 0 Å². The second-order valence-electron chi connectivity index (χ2n) is 5.71. The van der Waals surface area contributed by atoms with E-state index in [1.807, 2.05) is 43.5 Å². The van der Waals surface area contributed by atoms with E-state index in [4.69, 9.17) is 4.74 Å². The minimum Gasteiger partial charge on any atom is -0.477 e. The van der Waals surface area contributed by atoms with Crippen LogP contribution in [0.2, 0.25) is 0 Å². The number of carbonyl (C=O) groups is 2. The van der Waals surface area contributed by atoms with Crippen LogP contribution in [0.25, 0.3) is 0 Å². The van der Waals surface area contributed by atoms with E-state index in [0.29, 0.717) is 22.9 Å². The standard InChI is InChI=1S/C18H20N2O3S/c1-3-9-19-17(21)15-11-20(13-6-4-5-7-14(13)23-15)18(22)16-12(2)8-10-24-16/h4-8,10,15H,3,9,11H2,1-2H3,(H,19,21)/t15-/m0/s1. The van der Waals surface area contributed by atoms with Crippen molar-refractivity contribution in [2.75, 3.05) is 18.0 Å². The van der Waals surface area contributed by atoms with Crippen LogP contribution in [0.1, 0.15) is 28.6 Å². The smallest absolute Gasteiger partial charge is 0.268 e. The van der Waals surface area contributed by atoms with Crippen molar-refractivity contribution in [3.05, 3.63) is 46.2 Å². The predicted octanol–water partition coefficient (Wildman–Crippen LogP) is 2.99. The first-order chi connectivity index (χ1) is 11.6. The summed E-state index contributed by atoms with van der Waals surface area (Å²) in [5.41, 5.74) is 1.65. The second-order valence-corrected chi connectivity index (χ2v) is 6.63. The highest BCUT2D eigenvalue weighted by Gasteiger charge is 2.34. The fourth-order valence-corrected chi connectivity index (χ4v) is 3.51. The van der Waals surface area contributed by atoms with E-state index in [0.717, 1.165) is 12.0 Å². The number of aryl methyl sites for hydroxylation is 1. The highest BCUT2D eigenvalue weighted by Crippen LogP contribution is 2.35. The molecule has 0 bridgehead atoms. The lowest BCUT2D eigenvalue weighted by Gasteiger charge is -2.34. The molecule has 1 aliphatic rings. The maximum absolute atomic E-state index is 13.0. The normalized spacial score (nSPS) is 16.2. The minimum atomic E-state index is -0.698. The van der Waals surface area contributed by atoms with Gasteiger partial charge in [0, 0.05) is 6.54 Å². The lowest BCUT2D eigenvalue weighted by atomic mass is 10.1. The maximum atomic E-state index is 13.0. The zero-order valence-corrected chi connectivity index (χ0v) is 14.6. The van der Waals surface area contributed by atoms with E-state index in [-0.39, 0.29) is 18.4 Å². The molecule has 2 amide bonds. The van der Waals surface area contributed by atoms with E-state index >= 15 is 0 Å². The zero-order valence-electron chi connectivity index (χ0n) is 13.7. The number of benzene rings is 1. The van der Waals surface area contributed by atoms with Gasteiger partial charge in [0.15, 0.2) is 6.10 Å². The molecule has 1 aliphatic heterocycles. The third-order valence-electron chi connectivity index (χ3n) is 3.92. The molecule has 0 saturated heterocycles. The number of fused-ring (bicyclic) bond motifs is 1. The molecule has 0 radical (unpaired) electrons. The number of hydrogen-bond donors (Lipinski definition) is 1. The number of anilines is 1. The molecule has 6 heteroatoms. The molecule has 0 spiro atoms. The Balaban J connectivity index is 1.91. The Hall–Kier alpha value is -2.34. The number of para-hydroxylation sites is 2. The molecular formula is C18H20N2O3S. The Morgan fingerprint density at radius 1 is 1.33 bits per heavy atom. The molecule has 3 rings (SSSR count). The Bertz CT molecular complexity index is 756. The molecular weight excluding hydrogens is 324 g/mol. The number of amides is 2. The van der Waals surface area contributed by atoms with E-state index in [9.17, 15) is 9.59 Å². The van der Waals surface area contributed by atoms with Crippen LogP contribution in [0, 0.1) is 6.92 Å². The first-order valence-corrected chi connectivity index (χ1v) is 8.89. The van der Waals surface area contributed by atoms with Gasteiger partial charge in [0.2, 0.25) is 0 Å². The number of nitrogens with zero attached hydrogens (tertiary/aromatic N) is 1. The van der Waals surface area contributed by atoms with Gasteiger partial charge in [-0.15, -0.1) is 11.3 Å². The van der Waals surface area contributed by atoms with Crippen molar-refractivity contribution in [1.29, 1.82) is 0 Å². The van der Waals surface area contributed by atoms with Gasteiger partial charge < -0.3 is 10.1 Å². The summed E-state index contributed by atoms with van der Waals surface area (Å²) >= 11 is 1.42. The fraction of sp³-hybridized carbons (Fsp3) is 0.333. The van der Waals surface area contributed by atoms with Crippen LogP contribution in [0.15, 0.2) is 35.7 Å². The van der Waals surface area contributed by atoms with Gasteiger partial charge in [0.05, 0.1) is 17.1 Å². The van der Waals surface area contributed by atoms with Gasteiger partial charge in [-0.2, -0.15) is 0 Å². The SMILES string of the molecule is CCCNC(=O)[C@@H]1CN(C(=O)c2sccc2C)c2ccccc2O1. The molecule has 1 N–H and O–H groups in total. The second kappa shape index (κ2) is 7.05. The van der Waals surface area contributed by atoms with Gasteiger partial charge in [-0.05, 0) is 42.5 Å². The van der Waals surface area contributed by atoms with Crippen LogP contribution in [-0.2, 0) is 4.79 Å². The number of hydrogen-bond acceptors (Lipinski definition) is 4. The van der Waals surface area contributed by atoms with E-state index in [1.165, 1.54) is 11.3 Å². The predicted molar refractivity (Wildman–Crippen MR) is 94.9 cm³/mol. The first-order valence-electron chi connectivity index (χ1n) is 8.01. The summed E-state index contributed by atoms with van der Waals surface area (Å²) in [6, 6.07) is 9.26.